The van der Waals surface area contributed by atoms with Gasteiger partial charge < -0.3 is 10.6 Å². The Labute approximate surface area is 119 Å². The summed E-state index contributed by atoms with van der Waals surface area (Å²) in [6.07, 6.45) is 3.45. The summed E-state index contributed by atoms with van der Waals surface area (Å²) >= 11 is 0. The lowest BCUT2D eigenvalue weighted by Crippen LogP contribution is -2.27. The van der Waals surface area contributed by atoms with E-state index < -0.39 is 0 Å². The summed E-state index contributed by atoms with van der Waals surface area (Å²) in [4.78, 5) is 16.3. The smallest absolute Gasteiger partial charge is 0.253 e. The van der Waals surface area contributed by atoms with E-state index in [4.69, 9.17) is 0 Å². The Bertz CT molecular complexity index is 569. The molecule has 0 aliphatic rings. The van der Waals surface area contributed by atoms with Crippen LogP contribution in [-0.4, -0.2) is 17.4 Å². The van der Waals surface area contributed by atoms with Gasteiger partial charge in [0.1, 0.15) is 0 Å². The van der Waals surface area contributed by atoms with E-state index in [1.54, 1.807) is 12.4 Å². The fourth-order valence-electron chi connectivity index (χ4n) is 2.04. The molecule has 0 aliphatic carbocycles. The number of rotatable bonds is 5. The number of anilines is 1. The maximum Gasteiger partial charge on any atom is 0.253 e. The highest BCUT2D eigenvalue weighted by Gasteiger charge is 2.14. The molecule has 1 aromatic carbocycles. The van der Waals surface area contributed by atoms with Crippen molar-refractivity contribution in [3.8, 4) is 0 Å². The third kappa shape index (κ3) is 3.35. The number of benzene rings is 1. The molecule has 1 atom stereocenters. The maximum absolute atomic E-state index is 12.4. The number of pyridine rings is 1. The Morgan fingerprint density at radius 1 is 1.20 bits per heavy atom. The van der Waals surface area contributed by atoms with Crippen molar-refractivity contribution < 1.29 is 4.79 Å². The molecule has 2 N–H and O–H groups in total. The van der Waals surface area contributed by atoms with Crippen molar-refractivity contribution in [2.45, 2.75) is 19.9 Å². The van der Waals surface area contributed by atoms with Gasteiger partial charge in [-0.05, 0) is 43.7 Å². The summed E-state index contributed by atoms with van der Waals surface area (Å²) in [7, 11) is 0. The first-order chi connectivity index (χ1) is 9.72. The van der Waals surface area contributed by atoms with Gasteiger partial charge in [0.25, 0.3) is 5.91 Å². The van der Waals surface area contributed by atoms with E-state index in [0.29, 0.717) is 5.56 Å². The molecule has 2 rings (SSSR count). The summed E-state index contributed by atoms with van der Waals surface area (Å²) in [6.45, 7) is 4.75. The fraction of sp³-hybridized carbons (Fsp3) is 0.250. The van der Waals surface area contributed by atoms with Crippen LogP contribution in [0.15, 0.2) is 48.8 Å². The van der Waals surface area contributed by atoms with Crippen LogP contribution in [-0.2, 0) is 0 Å². The van der Waals surface area contributed by atoms with Crippen LogP contribution < -0.4 is 10.6 Å². The van der Waals surface area contributed by atoms with E-state index >= 15 is 0 Å². The molecular formula is C16H19N3O. The Morgan fingerprint density at radius 3 is 2.60 bits per heavy atom. The molecule has 1 unspecified atom stereocenters. The second-order valence-electron chi connectivity index (χ2n) is 4.55. The quantitative estimate of drug-likeness (QED) is 0.877. The van der Waals surface area contributed by atoms with Crippen molar-refractivity contribution in [3.05, 3.63) is 59.9 Å². The number of amides is 1. The predicted molar refractivity (Wildman–Crippen MR) is 80.7 cm³/mol. The number of carbonyl (C=O) groups is 1. The lowest BCUT2D eigenvalue weighted by atomic mass is 10.1. The van der Waals surface area contributed by atoms with E-state index in [-0.39, 0.29) is 11.9 Å². The van der Waals surface area contributed by atoms with E-state index in [2.05, 4.69) is 15.6 Å². The van der Waals surface area contributed by atoms with Gasteiger partial charge in [-0.1, -0.05) is 12.1 Å². The van der Waals surface area contributed by atoms with Crippen LogP contribution in [0.4, 0.5) is 5.69 Å². The van der Waals surface area contributed by atoms with Gasteiger partial charge in [0.2, 0.25) is 0 Å². The van der Waals surface area contributed by atoms with Crippen molar-refractivity contribution in [1.82, 2.24) is 10.3 Å². The van der Waals surface area contributed by atoms with E-state index in [9.17, 15) is 4.79 Å². The van der Waals surface area contributed by atoms with Gasteiger partial charge in [0, 0.05) is 24.6 Å². The molecule has 0 saturated heterocycles. The second kappa shape index (κ2) is 6.70. The van der Waals surface area contributed by atoms with Crippen molar-refractivity contribution in [2.75, 3.05) is 11.9 Å². The van der Waals surface area contributed by atoms with Gasteiger partial charge in [-0.2, -0.15) is 0 Å². The summed E-state index contributed by atoms with van der Waals surface area (Å²) < 4.78 is 0. The first-order valence-electron chi connectivity index (χ1n) is 6.76. The highest BCUT2D eigenvalue weighted by Crippen LogP contribution is 2.17. The Balaban J connectivity index is 2.12. The first-order valence-corrected chi connectivity index (χ1v) is 6.76. The average Bonchev–Trinajstić information content (AvgIpc) is 2.49. The largest absolute Gasteiger partial charge is 0.385 e. The lowest BCUT2D eigenvalue weighted by Gasteiger charge is -2.16. The molecular weight excluding hydrogens is 250 g/mol. The highest BCUT2D eigenvalue weighted by atomic mass is 16.1. The molecule has 0 aliphatic heterocycles. The molecule has 4 nitrogen and oxygen atoms in total. The number of para-hydroxylation sites is 1. The molecule has 104 valence electrons. The Morgan fingerprint density at radius 2 is 1.90 bits per heavy atom. The summed E-state index contributed by atoms with van der Waals surface area (Å²) in [5.74, 6) is -0.0779. The fourth-order valence-corrected chi connectivity index (χ4v) is 2.04. The minimum Gasteiger partial charge on any atom is -0.385 e. The van der Waals surface area contributed by atoms with Crippen molar-refractivity contribution in [2.24, 2.45) is 0 Å². The number of hydrogen-bond acceptors (Lipinski definition) is 3. The standard InChI is InChI=1S/C16H19N3O/c1-3-18-15-7-5-4-6-14(15)16(20)19-12(2)13-8-10-17-11-9-13/h4-12,18H,3H2,1-2H3,(H,19,20). The molecule has 1 aromatic heterocycles. The molecule has 1 heterocycles. The van der Waals surface area contributed by atoms with Crippen molar-refractivity contribution in [3.63, 3.8) is 0 Å². The molecule has 0 bridgehead atoms. The molecule has 20 heavy (non-hydrogen) atoms. The van der Waals surface area contributed by atoms with Gasteiger partial charge in [-0.15, -0.1) is 0 Å². The zero-order valence-electron chi connectivity index (χ0n) is 11.8. The predicted octanol–water partition coefficient (Wildman–Crippen LogP) is 3.00. The monoisotopic (exact) mass is 269 g/mol. The van der Waals surface area contributed by atoms with Crippen LogP contribution in [0.3, 0.4) is 0 Å². The van der Waals surface area contributed by atoms with Gasteiger partial charge in [-0.25, -0.2) is 0 Å². The lowest BCUT2D eigenvalue weighted by molar-refractivity contribution is 0.0940. The van der Waals surface area contributed by atoms with Crippen LogP contribution in [0, 0.1) is 0 Å². The minimum atomic E-state index is -0.0779. The first kappa shape index (κ1) is 14.1. The zero-order chi connectivity index (χ0) is 14.4. The van der Waals surface area contributed by atoms with Crippen LogP contribution in [0.25, 0.3) is 0 Å². The second-order valence-corrected chi connectivity index (χ2v) is 4.55. The normalized spacial score (nSPS) is 11.7. The Hall–Kier alpha value is -2.36. The van der Waals surface area contributed by atoms with E-state index in [1.807, 2.05) is 50.2 Å². The number of nitrogens with one attached hydrogen (secondary N) is 2. The van der Waals surface area contributed by atoms with Crippen molar-refractivity contribution >= 4 is 11.6 Å². The molecule has 0 fully saturated rings. The third-order valence-electron chi connectivity index (χ3n) is 3.09. The van der Waals surface area contributed by atoms with Gasteiger partial charge in [0.15, 0.2) is 0 Å². The van der Waals surface area contributed by atoms with Gasteiger partial charge >= 0.3 is 0 Å². The number of aromatic nitrogens is 1. The number of nitrogens with zero attached hydrogens (tertiary/aromatic N) is 1. The average molecular weight is 269 g/mol. The Kier molecular flexibility index (Phi) is 4.71. The van der Waals surface area contributed by atoms with Crippen LogP contribution in [0.2, 0.25) is 0 Å². The van der Waals surface area contributed by atoms with Crippen LogP contribution >= 0.6 is 0 Å². The van der Waals surface area contributed by atoms with E-state index in [1.165, 1.54) is 0 Å². The summed E-state index contributed by atoms with van der Waals surface area (Å²) in [5.41, 5.74) is 2.55. The van der Waals surface area contributed by atoms with Gasteiger partial charge in [-0.3, -0.25) is 9.78 Å². The van der Waals surface area contributed by atoms with Crippen molar-refractivity contribution in [1.29, 1.82) is 0 Å². The SMILES string of the molecule is CCNc1ccccc1C(=O)NC(C)c1ccncc1. The maximum atomic E-state index is 12.4. The molecule has 2 aromatic rings. The molecule has 4 heteroatoms. The summed E-state index contributed by atoms with van der Waals surface area (Å²) in [6, 6.07) is 11.3. The molecule has 0 radical (unpaired) electrons. The molecule has 1 amide bonds. The highest BCUT2D eigenvalue weighted by molar-refractivity contribution is 5.99. The topological polar surface area (TPSA) is 54.0 Å². The number of carbonyl (C=O) groups excluding carboxylic acids is 1. The minimum absolute atomic E-state index is 0.0554. The van der Waals surface area contributed by atoms with Crippen LogP contribution in [0.1, 0.15) is 35.8 Å². The third-order valence-corrected chi connectivity index (χ3v) is 3.09. The molecule has 0 saturated carbocycles. The number of hydrogen-bond donors (Lipinski definition) is 2. The van der Waals surface area contributed by atoms with Gasteiger partial charge in [0.05, 0.1) is 11.6 Å². The van der Waals surface area contributed by atoms with Crippen LogP contribution in [0.5, 0.6) is 0 Å². The zero-order valence-corrected chi connectivity index (χ0v) is 11.8. The van der Waals surface area contributed by atoms with E-state index in [0.717, 1.165) is 17.8 Å². The summed E-state index contributed by atoms with van der Waals surface area (Å²) in [5, 5.41) is 6.20. The molecule has 0 spiro atoms.